The Morgan fingerprint density at radius 2 is 1.88 bits per heavy atom. The number of ether oxygens (including phenoxy) is 1. The first-order chi connectivity index (χ1) is 15.5. The van der Waals surface area contributed by atoms with Crippen LogP contribution in [0.1, 0.15) is 59.6 Å². The van der Waals surface area contributed by atoms with Gasteiger partial charge in [0.05, 0.1) is 46.6 Å². The van der Waals surface area contributed by atoms with E-state index in [1.165, 1.54) is 6.07 Å². The molecular formula is C23H22ClF3N4O2. The molecule has 0 aliphatic carbocycles. The lowest BCUT2D eigenvalue weighted by molar-refractivity contribution is -0.137. The average Bonchev–Trinajstić information content (AvgIpc) is 3.23. The molecule has 1 aliphatic rings. The lowest BCUT2D eigenvalue weighted by atomic mass is 10.0. The highest BCUT2D eigenvalue weighted by molar-refractivity contribution is 6.34. The summed E-state index contributed by atoms with van der Waals surface area (Å²) >= 11 is 6.47. The molecule has 33 heavy (non-hydrogen) atoms. The Morgan fingerprint density at radius 1 is 1.18 bits per heavy atom. The summed E-state index contributed by atoms with van der Waals surface area (Å²) in [6.07, 6.45) is -3.71. The first kappa shape index (κ1) is 23.3. The summed E-state index contributed by atoms with van der Waals surface area (Å²) in [5.74, 6) is 0.00605. The fourth-order valence-corrected chi connectivity index (χ4v) is 4.35. The van der Waals surface area contributed by atoms with Gasteiger partial charge in [-0.05, 0) is 50.6 Å². The summed E-state index contributed by atoms with van der Waals surface area (Å²) < 4.78 is 44.2. The van der Waals surface area contributed by atoms with Crippen LogP contribution < -0.4 is 5.73 Å². The molecule has 10 heteroatoms. The Labute approximate surface area is 193 Å². The Balaban J connectivity index is 1.74. The summed E-state index contributed by atoms with van der Waals surface area (Å²) in [5.41, 5.74) is 8.01. The van der Waals surface area contributed by atoms with Crippen LogP contribution in [0.4, 0.5) is 19.0 Å². The van der Waals surface area contributed by atoms with Crippen molar-refractivity contribution in [3.8, 4) is 0 Å². The summed E-state index contributed by atoms with van der Waals surface area (Å²) in [5, 5.41) is 0.935. The lowest BCUT2D eigenvalue weighted by Crippen LogP contribution is -2.39. The fraction of sp³-hybridized carbons (Fsp3) is 0.348. The quantitative estimate of drug-likeness (QED) is 0.533. The molecule has 2 N–H and O–H groups in total. The number of nitrogens with zero attached hydrogens (tertiary/aromatic N) is 3. The molecule has 0 saturated carbocycles. The van der Waals surface area contributed by atoms with E-state index in [0.717, 1.165) is 28.8 Å². The third-order valence-corrected chi connectivity index (χ3v) is 6.11. The predicted octanol–water partition coefficient (Wildman–Crippen LogP) is 5.53. The lowest BCUT2D eigenvalue weighted by Gasteiger charge is -2.33. The SMILES string of the molecule is CC(C)N(C(=O)c1cc2c3c(c(N)nc2cc1Cl)COC3)[C@H](C)c1ccc(C(F)(F)F)cn1. The van der Waals surface area contributed by atoms with Crippen molar-refractivity contribution in [2.45, 2.75) is 52.2 Å². The number of fused-ring (bicyclic) bond motifs is 3. The van der Waals surface area contributed by atoms with Gasteiger partial charge in [-0.2, -0.15) is 13.2 Å². The molecule has 0 unspecified atom stereocenters. The van der Waals surface area contributed by atoms with Gasteiger partial charge >= 0.3 is 6.18 Å². The molecule has 3 heterocycles. The number of carbonyl (C=O) groups is 1. The van der Waals surface area contributed by atoms with E-state index < -0.39 is 17.8 Å². The predicted molar refractivity (Wildman–Crippen MR) is 119 cm³/mol. The van der Waals surface area contributed by atoms with Crippen LogP contribution >= 0.6 is 11.6 Å². The van der Waals surface area contributed by atoms with E-state index in [4.69, 9.17) is 22.1 Å². The van der Waals surface area contributed by atoms with Crippen molar-refractivity contribution >= 4 is 34.2 Å². The number of alkyl halides is 3. The highest BCUT2D eigenvalue weighted by atomic mass is 35.5. The van der Waals surface area contributed by atoms with Gasteiger partial charge in [-0.3, -0.25) is 9.78 Å². The minimum atomic E-state index is -4.48. The van der Waals surface area contributed by atoms with Crippen LogP contribution in [0.3, 0.4) is 0 Å². The number of nitrogen functional groups attached to an aromatic ring is 1. The van der Waals surface area contributed by atoms with Gasteiger partial charge in [-0.1, -0.05) is 11.6 Å². The van der Waals surface area contributed by atoms with Crippen molar-refractivity contribution in [2.24, 2.45) is 0 Å². The third kappa shape index (κ3) is 4.22. The maximum atomic E-state index is 13.6. The molecule has 1 aromatic carbocycles. The number of amides is 1. The monoisotopic (exact) mass is 478 g/mol. The van der Waals surface area contributed by atoms with Gasteiger partial charge in [-0.25, -0.2) is 4.98 Å². The maximum absolute atomic E-state index is 13.6. The number of aromatic nitrogens is 2. The van der Waals surface area contributed by atoms with E-state index in [1.54, 1.807) is 24.0 Å². The molecule has 3 aromatic rings. The van der Waals surface area contributed by atoms with Gasteiger partial charge < -0.3 is 15.4 Å². The Hall–Kier alpha value is -2.91. The molecule has 1 amide bonds. The van der Waals surface area contributed by atoms with Crippen molar-refractivity contribution in [3.63, 3.8) is 0 Å². The van der Waals surface area contributed by atoms with Crippen LogP contribution in [-0.2, 0) is 24.1 Å². The highest BCUT2D eigenvalue weighted by Gasteiger charge is 2.32. The van der Waals surface area contributed by atoms with Crippen molar-refractivity contribution in [2.75, 3.05) is 5.73 Å². The minimum Gasteiger partial charge on any atom is -0.383 e. The second-order valence-electron chi connectivity index (χ2n) is 8.25. The van der Waals surface area contributed by atoms with E-state index in [9.17, 15) is 18.0 Å². The first-order valence-electron chi connectivity index (χ1n) is 10.3. The second-order valence-corrected chi connectivity index (χ2v) is 8.65. The number of halogens is 4. The molecule has 4 rings (SSSR count). The van der Waals surface area contributed by atoms with Crippen molar-refractivity contribution < 1.29 is 22.7 Å². The Kier molecular flexibility index (Phi) is 5.96. The number of hydrogen-bond donors (Lipinski definition) is 1. The minimum absolute atomic E-state index is 0.205. The number of pyridine rings is 2. The van der Waals surface area contributed by atoms with Gasteiger partial charge in [0.1, 0.15) is 5.82 Å². The molecular weight excluding hydrogens is 457 g/mol. The summed E-state index contributed by atoms with van der Waals surface area (Å²) in [4.78, 5) is 23.5. The molecule has 1 atom stereocenters. The van der Waals surface area contributed by atoms with Crippen molar-refractivity contribution in [1.82, 2.24) is 14.9 Å². The molecule has 0 radical (unpaired) electrons. The van der Waals surface area contributed by atoms with Crippen LogP contribution in [-0.4, -0.2) is 26.8 Å². The number of hydrogen-bond acceptors (Lipinski definition) is 5. The second kappa shape index (κ2) is 8.46. The topological polar surface area (TPSA) is 81.3 Å². The zero-order valence-electron chi connectivity index (χ0n) is 18.2. The molecule has 0 saturated heterocycles. The van der Waals surface area contributed by atoms with Crippen molar-refractivity contribution in [1.29, 1.82) is 0 Å². The summed E-state index contributed by atoms with van der Waals surface area (Å²) in [7, 11) is 0. The third-order valence-electron chi connectivity index (χ3n) is 5.80. The average molecular weight is 479 g/mol. The van der Waals surface area contributed by atoms with Crippen LogP contribution in [0.25, 0.3) is 10.9 Å². The van der Waals surface area contributed by atoms with Gasteiger partial charge in [0, 0.05) is 23.2 Å². The highest BCUT2D eigenvalue weighted by Crippen LogP contribution is 2.35. The number of rotatable bonds is 4. The molecule has 0 spiro atoms. The van der Waals surface area contributed by atoms with Crippen LogP contribution in [0.5, 0.6) is 0 Å². The van der Waals surface area contributed by atoms with Gasteiger partial charge in [0.2, 0.25) is 0 Å². The summed E-state index contributed by atoms with van der Waals surface area (Å²) in [6, 6.07) is 4.66. The Bertz CT molecular complexity index is 1230. The van der Waals surface area contributed by atoms with Crippen molar-refractivity contribution in [3.05, 3.63) is 63.4 Å². The number of anilines is 1. The summed E-state index contributed by atoms with van der Waals surface area (Å²) in [6.45, 7) is 6.07. The van der Waals surface area contributed by atoms with Gasteiger partial charge in [0.15, 0.2) is 0 Å². The smallest absolute Gasteiger partial charge is 0.383 e. The van der Waals surface area contributed by atoms with E-state index in [-0.39, 0.29) is 22.5 Å². The van der Waals surface area contributed by atoms with E-state index in [2.05, 4.69) is 9.97 Å². The zero-order chi connectivity index (χ0) is 24.1. The normalized spacial score (nSPS) is 14.5. The zero-order valence-corrected chi connectivity index (χ0v) is 19.0. The molecule has 2 aromatic heterocycles. The van der Waals surface area contributed by atoms with E-state index in [0.29, 0.717) is 30.2 Å². The standard InChI is InChI=1S/C23H22ClF3N4O2/c1-11(2)31(12(3)19-5-4-13(8-29-19)23(25,26)27)22(32)15-6-14-16-9-33-10-17(16)21(28)30-20(14)7-18(15)24/h4-8,11-12H,9-10H2,1-3H3,(H2,28,30)/t12-/m1/s1. The van der Waals surface area contributed by atoms with Gasteiger partial charge in [0.25, 0.3) is 5.91 Å². The number of carbonyl (C=O) groups excluding carboxylic acids is 1. The number of nitrogens with two attached hydrogens (primary N) is 1. The number of benzene rings is 1. The van der Waals surface area contributed by atoms with Gasteiger partial charge in [-0.15, -0.1) is 0 Å². The van der Waals surface area contributed by atoms with E-state index in [1.807, 2.05) is 13.8 Å². The Morgan fingerprint density at radius 3 is 2.48 bits per heavy atom. The first-order valence-corrected chi connectivity index (χ1v) is 10.7. The molecule has 6 nitrogen and oxygen atoms in total. The maximum Gasteiger partial charge on any atom is 0.417 e. The van der Waals surface area contributed by atoms with Crippen LogP contribution in [0.15, 0.2) is 30.5 Å². The molecule has 174 valence electrons. The van der Waals surface area contributed by atoms with Crippen LogP contribution in [0, 0.1) is 0 Å². The largest absolute Gasteiger partial charge is 0.417 e. The van der Waals surface area contributed by atoms with E-state index >= 15 is 0 Å². The van der Waals surface area contributed by atoms with Crippen LogP contribution in [0.2, 0.25) is 5.02 Å². The molecule has 0 fully saturated rings. The molecule has 0 bridgehead atoms. The fourth-order valence-electron chi connectivity index (χ4n) is 4.12. The molecule has 1 aliphatic heterocycles.